The molecule has 1 amide bonds. The zero-order chi connectivity index (χ0) is 13.7. The average molecular weight is 262 g/mol. The molecule has 1 saturated carbocycles. The zero-order valence-corrected chi connectivity index (χ0v) is 11.4. The van der Waals surface area contributed by atoms with Crippen LogP contribution in [-0.4, -0.2) is 19.1 Å². The predicted molar refractivity (Wildman–Crippen MR) is 75.9 cm³/mol. The molecule has 19 heavy (non-hydrogen) atoms. The first-order chi connectivity index (χ1) is 9.13. The van der Waals surface area contributed by atoms with Crippen LogP contribution < -0.4 is 15.8 Å². The lowest BCUT2D eigenvalue weighted by Crippen LogP contribution is -2.43. The molecule has 0 unspecified atom stereocenters. The normalized spacial score (nSPS) is 16.5. The van der Waals surface area contributed by atoms with Gasteiger partial charge in [-0.05, 0) is 36.8 Å². The maximum atomic E-state index is 11.7. The van der Waals surface area contributed by atoms with Crippen molar-refractivity contribution in [3.8, 4) is 5.75 Å². The Labute approximate surface area is 114 Å². The van der Waals surface area contributed by atoms with Crippen LogP contribution in [0.5, 0.6) is 5.75 Å². The number of carbonyl (C=O) groups excluding carboxylic acids is 1. The van der Waals surface area contributed by atoms with E-state index >= 15 is 0 Å². The maximum absolute atomic E-state index is 11.7. The number of nitrogens with one attached hydrogen (secondary N) is 1. The summed E-state index contributed by atoms with van der Waals surface area (Å²) in [6, 6.07) is 7.10. The van der Waals surface area contributed by atoms with E-state index in [0.29, 0.717) is 16.9 Å². The minimum absolute atomic E-state index is 0.0449. The Hall–Kier alpha value is -1.71. The van der Waals surface area contributed by atoms with Gasteiger partial charge >= 0.3 is 0 Å². The van der Waals surface area contributed by atoms with E-state index in [1.165, 1.54) is 19.3 Å². The van der Waals surface area contributed by atoms with Gasteiger partial charge in [0.15, 0.2) is 6.61 Å². The molecule has 1 aliphatic rings. The third kappa shape index (κ3) is 3.63. The van der Waals surface area contributed by atoms with Crippen molar-refractivity contribution in [2.45, 2.75) is 32.6 Å². The monoisotopic (exact) mass is 262 g/mol. The minimum Gasteiger partial charge on any atom is -0.484 e. The van der Waals surface area contributed by atoms with E-state index in [1.807, 2.05) is 6.07 Å². The molecule has 2 rings (SSSR count). The molecule has 0 heterocycles. The lowest BCUT2D eigenvalue weighted by atomic mass is 9.67. The van der Waals surface area contributed by atoms with E-state index < -0.39 is 0 Å². The maximum Gasteiger partial charge on any atom is 0.257 e. The Morgan fingerprint density at radius 3 is 2.84 bits per heavy atom. The second kappa shape index (κ2) is 5.95. The highest BCUT2D eigenvalue weighted by atomic mass is 16.5. The number of benzene rings is 1. The zero-order valence-electron chi connectivity index (χ0n) is 11.4. The molecule has 0 aromatic heterocycles. The second-order valence-electron chi connectivity index (χ2n) is 5.35. The van der Waals surface area contributed by atoms with Gasteiger partial charge in [0.1, 0.15) is 5.75 Å². The van der Waals surface area contributed by atoms with Crippen LogP contribution in [-0.2, 0) is 4.79 Å². The number of ether oxygens (including phenoxy) is 1. The van der Waals surface area contributed by atoms with Gasteiger partial charge in [0.2, 0.25) is 0 Å². The van der Waals surface area contributed by atoms with E-state index in [9.17, 15) is 4.79 Å². The third-order valence-electron chi connectivity index (χ3n) is 4.05. The first-order valence-electron chi connectivity index (χ1n) is 6.89. The quantitative estimate of drug-likeness (QED) is 0.773. The van der Waals surface area contributed by atoms with Crippen molar-refractivity contribution in [2.24, 2.45) is 5.41 Å². The summed E-state index contributed by atoms with van der Waals surface area (Å²) in [5, 5.41) is 2.97. The number of carbonyl (C=O) groups is 1. The van der Waals surface area contributed by atoms with Gasteiger partial charge in [0.05, 0.1) is 0 Å². The molecule has 4 nitrogen and oxygen atoms in total. The molecule has 1 aromatic rings. The lowest BCUT2D eigenvalue weighted by molar-refractivity contribution is -0.124. The molecule has 0 saturated heterocycles. The van der Waals surface area contributed by atoms with Crippen LogP contribution in [0.2, 0.25) is 0 Å². The molecular weight excluding hydrogens is 240 g/mol. The Kier molecular flexibility index (Phi) is 4.30. The summed E-state index contributed by atoms with van der Waals surface area (Å²) in [5.74, 6) is 0.561. The van der Waals surface area contributed by atoms with Crippen LogP contribution in [0.1, 0.15) is 32.6 Å². The fourth-order valence-corrected chi connectivity index (χ4v) is 2.42. The van der Waals surface area contributed by atoms with Gasteiger partial charge < -0.3 is 15.8 Å². The third-order valence-corrected chi connectivity index (χ3v) is 4.05. The topological polar surface area (TPSA) is 64.3 Å². The van der Waals surface area contributed by atoms with Gasteiger partial charge in [0.25, 0.3) is 5.91 Å². The number of nitrogens with two attached hydrogens (primary N) is 1. The number of nitrogen functional groups attached to an aromatic ring is 1. The van der Waals surface area contributed by atoms with Crippen LogP contribution in [0, 0.1) is 5.41 Å². The number of amides is 1. The van der Waals surface area contributed by atoms with Crippen molar-refractivity contribution in [1.82, 2.24) is 5.32 Å². The highest BCUT2D eigenvalue weighted by Crippen LogP contribution is 2.42. The van der Waals surface area contributed by atoms with Gasteiger partial charge in [-0.3, -0.25) is 4.79 Å². The molecule has 0 bridgehead atoms. The molecule has 104 valence electrons. The van der Waals surface area contributed by atoms with Crippen LogP contribution in [0.4, 0.5) is 5.69 Å². The molecule has 0 spiro atoms. The van der Waals surface area contributed by atoms with Gasteiger partial charge in [-0.25, -0.2) is 0 Å². The van der Waals surface area contributed by atoms with Crippen molar-refractivity contribution < 1.29 is 9.53 Å². The molecule has 0 radical (unpaired) electrons. The average Bonchev–Trinajstić information content (AvgIpc) is 2.36. The Bertz CT molecular complexity index is 436. The molecule has 0 atom stereocenters. The van der Waals surface area contributed by atoms with Gasteiger partial charge in [-0.15, -0.1) is 0 Å². The fourth-order valence-electron chi connectivity index (χ4n) is 2.42. The Morgan fingerprint density at radius 1 is 1.47 bits per heavy atom. The van der Waals surface area contributed by atoms with E-state index in [2.05, 4.69) is 12.2 Å². The minimum atomic E-state index is -0.0675. The van der Waals surface area contributed by atoms with Crippen molar-refractivity contribution in [3.63, 3.8) is 0 Å². The molecule has 1 aliphatic carbocycles. The second-order valence-corrected chi connectivity index (χ2v) is 5.35. The summed E-state index contributed by atoms with van der Waals surface area (Å²) in [6.07, 6.45) is 4.85. The SMILES string of the molecule is CCC1(CNC(=O)COc2cccc(N)c2)CCC1. The number of hydrogen-bond donors (Lipinski definition) is 2. The van der Waals surface area contributed by atoms with E-state index in [1.54, 1.807) is 18.2 Å². The van der Waals surface area contributed by atoms with Crippen molar-refractivity contribution in [2.75, 3.05) is 18.9 Å². The van der Waals surface area contributed by atoms with Gasteiger partial charge in [0, 0.05) is 18.3 Å². The van der Waals surface area contributed by atoms with Crippen LogP contribution in [0.25, 0.3) is 0 Å². The predicted octanol–water partition coefficient (Wildman–Crippen LogP) is 2.34. The number of anilines is 1. The van der Waals surface area contributed by atoms with Crippen molar-refractivity contribution in [3.05, 3.63) is 24.3 Å². The summed E-state index contributed by atoms with van der Waals surface area (Å²) in [5.41, 5.74) is 6.62. The highest BCUT2D eigenvalue weighted by Gasteiger charge is 2.35. The standard InChI is InChI=1S/C15H22N2O2/c1-2-15(7-4-8-15)11-17-14(18)10-19-13-6-3-5-12(16)9-13/h3,5-6,9H,2,4,7-8,10-11,16H2,1H3,(H,17,18). The summed E-state index contributed by atoms with van der Waals surface area (Å²) in [4.78, 5) is 11.7. The first-order valence-corrected chi connectivity index (χ1v) is 6.89. The van der Waals surface area contributed by atoms with Crippen LogP contribution in [0.15, 0.2) is 24.3 Å². The molecular formula is C15H22N2O2. The van der Waals surface area contributed by atoms with Gasteiger partial charge in [-0.1, -0.05) is 19.4 Å². The van der Waals surface area contributed by atoms with Crippen molar-refractivity contribution in [1.29, 1.82) is 0 Å². The Balaban J connectivity index is 1.73. The molecule has 3 N–H and O–H groups in total. The van der Waals surface area contributed by atoms with E-state index in [4.69, 9.17) is 10.5 Å². The Morgan fingerprint density at radius 2 is 2.26 bits per heavy atom. The lowest BCUT2D eigenvalue weighted by Gasteiger charge is -2.41. The summed E-state index contributed by atoms with van der Waals surface area (Å²) < 4.78 is 5.41. The number of rotatable bonds is 6. The fraction of sp³-hybridized carbons (Fsp3) is 0.533. The van der Waals surface area contributed by atoms with Crippen LogP contribution in [0.3, 0.4) is 0 Å². The molecule has 1 fully saturated rings. The van der Waals surface area contributed by atoms with E-state index in [0.717, 1.165) is 13.0 Å². The smallest absolute Gasteiger partial charge is 0.257 e. The van der Waals surface area contributed by atoms with E-state index in [-0.39, 0.29) is 12.5 Å². The largest absolute Gasteiger partial charge is 0.484 e. The molecule has 0 aliphatic heterocycles. The first kappa shape index (κ1) is 13.7. The molecule has 4 heteroatoms. The molecule has 1 aromatic carbocycles. The summed E-state index contributed by atoms with van der Waals surface area (Å²) >= 11 is 0. The highest BCUT2D eigenvalue weighted by molar-refractivity contribution is 5.77. The summed E-state index contributed by atoms with van der Waals surface area (Å²) in [6.45, 7) is 3.00. The number of hydrogen-bond acceptors (Lipinski definition) is 3. The summed E-state index contributed by atoms with van der Waals surface area (Å²) in [7, 11) is 0. The van der Waals surface area contributed by atoms with Crippen LogP contribution >= 0.6 is 0 Å². The van der Waals surface area contributed by atoms with Crippen molar-refractivity contribution >= 4 is 11.6 Å². The van der Waals surface area contributed by atoms with Gasteiger partial charge in [-0.2, -0.15) is 0 Å².